The summed E-state index contributed by atoms with van der Waals surface area (Å²) < 4.78 is 9.32. The van der Waals surface area contributed by atoms with Crippen LogP contribution in [0.1, 0.15) is 36.6 Å². The van der Waals surface area contributed by atoms with E-state index >= 15 is 0 Å². The zero-order chi connectivity index (χ0) is 21.4. The van der Waals surface area contributed by atoms with Gasteiger partial charge < -0.3 is 20.1 Å². The Balaban J connectivity index is 2.16. The lowest BCUT2D eigenvalue weighted by Crippen LogP contribution is -2.17. The molecule has 2 aromatic carbocycles. The highest BCUT2D eigenvalue weighted by atomic mass is 16.5. The molecular formula is C21H20N2O6. The molecule has 2 amide bonds. The first-order valence-corrected chi connectivity index (χ1v) is 8.51. The fourth-order valence-corrected chi connectivity index (χ4v) is 2.42. The molecule has 0 aliphatic rings. The predicted molar refractivity (Wildman–Crippen MR) is 107 cm³/mol. The summed E-state index contributed by atoms with van der Waals surface area (Å²) in [4.78, 5) is 47.3. The molecule has 2 rings (SSSR count). The van der Waals surface area contributed by atoms with E-state index in [0.29, 0.717) is 11.1 Å². The summed E-state index contributed by atoms with van der Waals surface area (Å²) in [5.74, 6) is -1.99. The molecule has 8 heteroatoms. The van der Waals surface area contributed by atoms with Gasteiger partial charge in [0.2, 0.25) is 5.91 Å². The molecule has 0 aliphatic heterocycles. The van der Waals surface area contributed by atoms with Crippen molar-refractivity contribution in [1.29, 1.82) is 0 Å². The maximum absolute atomic E-state index is 12.2. The Bertz CT molecular complexity index is 929. The van der Waals surface area contributed by atoms with E-state index < -0.39 is 17.8 Å². The quantitative estimate of drug-likeness (QED) is 0.572. The SMILES string of the molecule is CNC(=O)c1ccc(/C=C/C(=O)Nc2cc(C(=O)OC)cc(C(=O)OC)c2)cc1. The van der Waals surface area contributed by atoms with Crippen molar-refractivity contribution in [2.24, 2.45) is 0 Å². The molecule has 0 aromatic heterocycles. The molecule has 0 fully saturated rings. The van der Waals surface area contributed by atoms with Crippen LogP contribution >= 0.6 is 0 Å². The molecule has 8 nitrogen and oxygen atoms in total. The van der Waals surface area contributed by atoms with Gasteiger partial charge in [0.25, 0.3) is 5.91 Å². The zero-order valence-electron chi connectivity index (χ0n) is 16.1. The lowest BCUT2D eigenvalue weighted by Gasteiger charge is -2.08. The van der Waals surface area contributed by atoms with Crippen LogP contribution in [0.25, 0.3) is 6.08 Å². The average molecular weight is 396 g/mol. The Hall–Kier alpha value is -3.94. The van der Waals surface area contributed by atoms with Crippen LogP contribution in [0.5, 0.6) is 0 Å². The van der Waals surface area contributed by atoms with Crippen molar-refractivity contribution < 1.29 is 28.7 Å². The summed E-state index contributed by atoms with van der Waals surface area (Å²) in [7, 11) is 3.97. The molecule has 0 bridgehead atoms. The standard InChI is InChI=1S/C21H20N2O6/c1-22-19(25)14-7-4-13(5-8-14)6-9-18(24)23-17-11-15(20(26)28-2)10-16(12-17)21(27)29-3/h4-12H,1-3H3,(H,22,25)(H,23,24)/b9-6+. The second kappa shape index (κ2) is 9.84. The molecule has 2 N–H and O–H groups in total. The molecule has 0 heterocycles. The molecule has 0 aliphatic carbocycles. The van der Waals surface area contributed by atoms with Gasteiger partial charge in [-0.25, -0.2) is 9.59 Å². The number of ether oxygens (including phenoxy) is 2. The molecule has 0 saturated carbocycles. The van der Waals surface area contributed by atoms with Gasteiger partial charge >= 0.3 is 11.9 Å². The highest BCUT2D eigenvalue weighted by Gasteiger charge is 2.14. The van der Waals surface area contributed by atoms with Crippen LogP contribution in [0, 0.1) is 0 Å². The molecule has 150 valence electrons. The molecule has 0 spiro atoms. The van der Waals surface area contributed by atoms with E-state index in [1.807, 2.05) is 0 Å². The lowest BCUT2D eigenvalue weighted by atomic mass is 10.1. The van der Waals surface area contributed by atoms with Crippen LogP contribution in [0.2, 0.25) is 0 Å². The number of hydrogen-bond donors (Lipinski definition) is 2. The normalized spacial score (nSPS) is 10.3. The first-order chi connectivity index (χ1) is 13.9. The lowest BCUT2D eigenvalue weighted by molar-refractivity contribution is -0.111. The monoisotopic (exact) mass is 396 g/mol. The van der Waals surface area contributed by atoms with Gasteiger partial charge in [0.1, 0.15) is 0 Å². The van der Waals surface area contributed by atoms with Gasteiger partial charge in [-0.3, -0.25) is 9.59 Å². The Labute approximate surface area is 167 Å². The minimum absolute atomic E-state index is 0.0967. The van der Waals surface area contributed by atoms with Crippen molar-refractivity contribution in [2.75, 3.05) is 26.6 Å². The van der Waals surface area contributed by atoms with Crippen molar-refractivity contribution in [2.45, 2.75) is 0 Å². The number of carbonyl (C=O) groups excluding carboxylic acids is 4. The maximum atomic E-state index is 12.2. The van der Waals surface area contributed by atoms with E-state index in [4.69, 9.17) is 0 Å². The van der Waals surface area contributed by atoms with Crippen LogP contribution < -0.4 is 10.6 Å². The first kappa shape index (κ1) is 21.4. The molecular weight excluding hydrogens is 376 g/mol. The summed E-state index contributed by atoms with van der Waals surface area (Å²) in [5, 5.41) is 5.11. The van der Waals surface area contributed by atoms with Crippen LogP contribution in [0.3, 0.4) is 0 Å². The van der Waals surface area contributed by atoms with Crippen LogP contribution in [0.15, 0.2) is 48.5 Å². The Morgan fingerprint density at radius 3 is 1.86 bits per heavy atom. The molecule has 0 atom stereocenters. The van der Waals surface area contributed by atoms with Crippen LogP contribution in [0.4, 0.5) is 5.69 Å². The number of rotatable bonds is 6. The van der Waals surface area contributed by atoms with Gasteiger partial charge in [-0.05, 0) is 42.0 Å². The topological polar surface area (TPSA) is 111 Å². The Morgan fingerprint density at radius 1 is 0.828 bits per heavy atom. The van der Waals surface area contributed by atoms with Gasteiger partial charge in [-0.1, -0.05) is 12.1 Å². The highest BCUT2D eigenvalue weighted by Crippen LogP contribution is 2.17. The van der Waals surface area contributed by atoms with E-state index in [1.54, 1.807) is 37.4 Å². The third-order valence-corrected chi connectivity index (χ3v) is 3.87. The molecule has 0 radical (unpaired) electrons. The van der Waals surface area contributed by atoms with Gasteiger partial charge in [0, 0.05) is 24.4 Å². The average Bonchev–Trinajstić information content (AvgIpc) is 2.76. The minimum atomic E-state index is -0.655. The van der Waals surface area contributed by atoms with E-state index in [0.717, 1.165) is 0 Å². The van der Waals surface area contributed by atoms with E-state index in [-0.39, 0.29) is 22.7 Å². The summed E-state index contributed by atoms with van der Waals surface area (Å²) in [6.07, 6.45) is 2.85. The van der Waals surface area contributed by atoms with Crippen molar-refractivity contribution in [3.8, 4) is 0 Å². The summed E-state index contributed by atoms with van der Waals surface area (Å²) in [6, 6.07) is 10.8. The third kappa shape index (κ3) is 5.77. The minimum Gasteiger partial charge on any atom is -0.465 e. The van der Waals surface area contributed by atoms with Crippen molar-refractivity contribution in [3.05, 3.63) is 70.8 Å². The number of benzene rings is 2. The van der Waals surface area contributed by atoms with Gasteiger partial charge in [0.05, 0.1) is 25.3 Å². The van der Waals surface area contributed by atoms with Crippen molar-refractivity contribution in [1.82, 2.24) is 5.32 Å². The largest absolute Gasteiger partial charge is 0.465 e. The Kier molecular flexibility index (Phi) is 7.25. The van der Waals surface area contributed by atoms with Crippen LogP contribution in [-0.2, 0) is 14.3 Å². The fourth-order valence-electron chi connectivity index (χ4n) is 2.42. The smallest absolute Gasteiger partial charge is 0.337 e. The number of nitrogens with one attached hydrogen (secondary N) is 2. The van der Waals surface area contributed by atoms with E-state index in [1.165, 1.54) is 38.5 Å². The summed E-state index contributed by atoms with van der Waals surface area (Å²) in [5.41, 5.74) is 1.65. The van der Waals surface area contributed by atoms with Crippen molar-refractivity contribution in [3.63, 3.8) is 0 Å². The number of esters is 2. The molecule has 0 unspecified atom stereocenters. The molecule has 29 heavy (non-hydrogen) atoms. The second-order valence-corrected chi connectivity index (χ2v) is 5.81. The highest BCUT2D eigenvalue weighted by molar-refractivity contribution is 6.04. The maximum Gasteiger partial charge on any atom is 0.337 e. The van der Waals surface area contributed by atoms with E-state index in [2.05, 4.69) is 20.1 Å². The van der Waals surface area contributed by atoms with Crippen molar-refractivity contribution >= 4 is 35.5 Å². The van der Waals surface area contributed by atoms with Gasteiger partial charge in [-0.15, -0.1) is 0 Å². The number of amides is 2. The predicted octanol–water partition coefficient (Wildman–Crippen LogP) is 2.27. The van der Waals surface area contributed by atoms with E-state index in [9.17, 15) is 19.2 Å². The summed E-state index contributed by atoms with van der Waals surface area (Å²) >= 11 is 0. The number of anilines is 1. The van der Waals surface area contributed by atoms with Gasteiger partial charge in [0.15, 0.2) is 0 Å². The molecule has 0 saturated heterocycles. The second-order valence-electron chi connectivity index (χ2n) is 5.81. The first-order valence-electron chi connectivity index (χ1n) is 8.51. The Morgan fingerprint density at radius 2 is 1.38 bits per heavy atom. The zero-order valence-corrected chi connectivity index (χ0v) is 16.1. The summed E-state index contributed by atoms with van der Waals surface area (Å²) in [6.45, 7) is 0. The number of methoxy groups -OCH3 is 2. The van der Waals surface area contributed by atoms with Gasteiger partial charge in [-0.2, -0.15) is 0 Å². The fraction of sp³-hybridized carbons (Fsp3) is 0.143. The number of carbonyl (C=O) groups is 4. The van der Waals surface area contributed by atoms with Crippen LogP contribution in [-0.4, -0.2) is 45.0 Å². The molecule has 2 aromatic rings. The number of hydrogen-bond acceptors (Lipinski definition) is 6. The third-order valence-electron chi connectivity index (χ3n) is 3.87.